The highest BCUT2D eigenvalue weighted by molar-refractivity contribution is 7.57. The second-order valence-electron chi connectivity index (χ2n) is 9.49. The van der Waals surface area contributed by atoms with Crippen LogP contribution in [0.1, 0.15) is 81.1 Å². The molecule has 0 fully saturated rings. The number of allylic oxidation sites excluding steroid dienone is 5. The Hall–Kier alpha value is -0.960. The van der Waals surface area contributed by atoms with Crippen molar-refractivity contribution in [2.45, 2.75) is 81.1 Å². The van der Waals surface area contributed by atoms with E-state index in [0.29, 0.717) is 13.2 Å². The Kier molecular flexibility index (Phi) is 9.12. The van der Waals surface area contributed by atoms with Gasteiger partial charge in [0.05, 0.1) is 13.2 Å². The third-order valence-corrected chi connectivity index (χ3v) is 6.27. The summed E-state index contributed by atoms with van der Waals surface area (Å²) in [5.74, 6) is 1.66. The van der Waals surface area contributed by atoms with Gasteiger partial charge in [0.25, 0.3) is 0 Å². The van der Waals surface area contributed by atoms with Crippen molar-refractivity contribution in [3.8, 4) is 0 Å². The maximum atomic E-state index is 13.4. The molecule has 0 radical (unpaired) electrons. The molecule has 0 aromatic carbocycles. The van der Waals surface area contributed by atoms with E-state index >= 15 is 0 Å². The third-order valence-electron chi connectivity index (χ3n) is 4.57. The molecular weight excluding hydrogens is 371 g/mol. The SMILES string of the molecule is CCCCOP(=O)(C=C1C=C(C(C)(C)C)C(=O)C(C(C)(C)C)=C1)OCCCC. The average molecular weight is 411 g/mol. The highest BCUT2D eigenvalue weighted by Gasteiger charge is 2.35. The molecule has 0 saturated heterocycles. The number of unbranched alkanes of at least 4 members (excludes halogenated alkanes) is 2. The fourth-order valence-corrected chi connectivity index (χ4v) is 4.31. The highest BCUT2D eigenvalue weighted by atomic mass is 31.2. The van der Waals surface area contributed by atoms with Gasteiger partial charge in [-0.2, -0.15) is 0 Å². The molecule has 1 aliphatic rings. The lowest BCUT2D eigenvalue weighted by Crippen LogP contribution is -2.27. The van der Waals surface area contributed by atoms with Crippen LogP contribution >= 0.6 is 7.60 Å². The highest BCUT2D eigenvalue weighted by Crippen LogP contribution is 2.52. The first-order chi connectivity index (χ1) is 12.8. The van der Waals surface area contributed by atoms with Crippen molar-refractivity contribution >= 4 is 13.4 Å². The van der Waals surface area contributed by atoms with Gasteiger partial charge in [0.2, 0.25) is 0 Å². The topological polar surface area (TPSA) is 52.6 Å². The minimum absolute atomic E-state index is 0.0609. The normalized spacial score (nSPS) is 16.1. The fourth-order valence-electron chi connectivity index (χ4n) is 2.81. The molecule has 4 nitrogen and oxygen atoms in total. The van der Waals surface area contributed by atoms with E-state index in [-0.39, 0.29) is 16.6 Å². The van der Waals surface area contributed by atoms with E-state index in [0.717, 1.165) is 42.4 Å². The average Bonchev–Trinajstić information content (AvgIpc) is 2.55. The predicted molar refractivity (Wildman–Crippen MR) is 117 cm³/mol. The number of hydrogen-bond acceptors (Lipinski definition) is 4. The minimum atomic E-state index is -3.39. The van der Waals surface area contributed by atoms with Gasteiger partial charge in [0.15, 0.2) is 5.78 Å². The van der Waals surface area contributed by atoms with Crippen molar-refractivity contribution < 1.29 is 18.4 Å². The van der Waals surface area contributed by atoms with E-state index in [1.54, 1.807) is 5.82 Å². The number of rotatable bonds is 9. The van der Waals surface area contributed by atoms with Crippen molar-refractivity contribution in [1.82, 2.24) is 0 Å². The maximum Gasteiger partial charge on any atom is 0.354 e. The van der Waals surface area contributed by atoms with Gasteiger partial charge in [-0.05, 0) is 41.4 Å². The molecule has 0 unspecified atom stereocenters. The summed E-state index contributed by atoms with van der Waals surface area (Å²) in [5, 5.41) is 0. The van der Waals surface area contributed by atoms with Crippen LogP contribution in [0, 0.1) is 10.8 Å². The van der Waals surface area contributed by atoms with Gasteiger partial charge in [0.1, 0.15) is 0 Å². The molecule has 0 spiro atoms. The summed E-state index contributed by atoms with van der Waals surface area (Å²) < 4.78 is 24.8. The quantitative estimate of drug-likeness (QED) is 0.297. The lowest BCUT2D eigenvalue weighted by molar-refractivity contribution is -0.114. The monoisotopic (exact) mass is 410 g/mol. The standard InChI is InChI=1S/C23H39O4P/c1-9-11-13-26-28(25,27-14-12-10-2)17-18-15-19(22(3,4)5)21(24)20(16-18)23(6,7)8/h15-17H,9-14H2,1-8H3. The van der Waals surface area contributed by atoms with Crippen molar-refractivity contribution in [3.63, 3.8) is 0 Å². The van der Waals surface area contributed by atoms with Crippen LogP contribution in [0.2, 0.25) is 0 Å². The van der Waals surface area contributed by atoms with E-state index in [1.807, 2.05) is 53.7 Å². The van der Waals surface area contributed by atoms with Gasteiger partial charge in [-0.25, -0.2) is 0 Å². The molecular formula is C23H39O4P. The van der Waals surface area contributed by atoms with E-state index < -0.39 is 7.60 Å². The maximum absolute atomic E-state index is 13.4. The number of ketones is 1. The van der Waals surface area contributed by atoms with Crippen molar-refractivity contribution in [2.24, 2.45) is 10.8 Å². The zero-order chi connectivity index (χ0) is 21.6. The number of carbonyl (C=O) groups is 1. The molecule has 0 N–H and O–H groups in total. The lowest BCUT2D eigenvalue weighted by Gasteiger charge is -2.31. The summed E-state index contributed by atoms with van der Waals surface area (Å²) in [7, 11) is -3.39. The molecule has 0 aromatic rings. The van der Waals surface area contributed by atoms with Crippen molar-refractivity contribution in [1.29, 1.82) is 0 Å². The fraction of sp³-hybridized carbons (Fsp3) is 0.696. The first-order valence-corrected chi connectivity index (χ1v) is 12.1. The molecule has 28 heavy (non-hydrogen) atoms. The Bertz CT molecular complexity index is 634. The Balaban J connectivity index is 3.38. The largest absolute Gasteiger partial charge is 0.354 e. The molecule has 0 saturated carbocycles. The Morgan fingerprint density at radius 1 is 0.857 bits per heavy atom. The van der Waals surface area contributed by atoms with E-state index in [9.17, 15) is 9.36 Å². The summed E-state index contributed by atoms with van der Waals surface area (Å²) in [6.07, 6.45) is 7.27. The second kappa shape index (κ2) is 10.2. The van der Waals surface area contributed by atoms with Crippen LogP contribution in [0.4, 0.5) is 0 Å². The zero-order valence-corrected chi connectivity index (χ0v) is 19.9. The summed E-state index contributed by atoms with van der Waals surface area (Å²) in [6, 6.07) is 0. The zero-order valence-electron chi connectivity index (χ0n) is 19.1. The Labute approximate surface area is 172 Å². The lowest BCUT2D eigenvalue weighted by atomic mass is 9.72. The summed E-state index contributed by atoms with van der Waals surface area (Å²) in [5.41, 5.74) is 1.55. The van der Waals surface area contributed by atoms with Crippen molar-refractivity contribution in [3.05, 3.63) is 34.7 Å². The Morgan fingerprint density at radius 2 is 1.25 bits per heavy atom. The molecule has 5 heteroatoms. The predicted octanol–water partition coefficient (Wildman–Crippen LogP) is 7.22. The summed E-state index contributed by atoms with van der Waals surface area (Å²) >= 11 is 0. The summed E-state index contributed by atoms with van der Waals surface area (Å²) in [4.78, 5) is 13.1. The first kappa shape index (κ1) is 25.1. The van der Waals surface area contributed by atoms with Gasteiger partial charge in [0, 0.05) is 17.0 Å². The molecule has 0 aromatic heterocycles. The molecule has 1 aliphatic carbocycles. The number of Topliss-reactive ketones (excluding diaryl/α,β-unsaturated/α-hetero) is 1. The molecule has 0 amide bonds. The molecule has 0 aliphatic heterocycles. The van der Waals surface area contributed by atoms with Gasteiger partial charge in [-0.15, -0.1) is 0 Å². The minimum Gasteiger partial charge on any atom is -0.306 e. The van der Waals surface area contributed by atoms with Crippen LogP contribution in [0.5, 0.6) is 0 Å². The molecule has 0 bridgehead atoms. The van der Waals surface area contributed by atoms with Gasteiger partial charge in [-0.1, -0.05) is 68.2 Å². The number of hydrogen-bond donors (Lipinski definition) is 0. The van der Waals surface area contributed by atoms with Crippen LogP contribution in [-0.2, 0) is 18.4 Å². The van der Waals surface area contributed by atoms with E-state index in [1.165, 1.54) is 0 Å². The van der Waals surface area contributed by atoms with Crippen LogP contribution in [0.3, 0.4) is 0 Å². The van der Waals surface area contributed by atoms with Gasteiger partial charge in [-0.3, -0.25) is 9.36 Å². The summed E-state index contributed by atoms with van der Waals surface area (Å²) in [6.45, 7) is 17.1. The smallest absolute Gasteiger partial charge is 0.306 e. The van der Waals surface area contributed by atoms with Gasteiger partial charge >= 0.3 is 7.60 Å². The molecule has 1 rings (SSSR count). The Morgan fingerprint density at radius 3 is 1.57 bits per heavy atom. The third kappa shape index (κ3) is 7.46. The van der Waals surface area contributed by atoms with Crippen molar-refractivity contribution in [2.75, 3.05) is 13.2 Å². The van der Waals surface area contributed by atoms with E-state index in [4.69, 9.17) is 9.05 Å². The van der Waals surface area contributed by atoms with E-state index in [2.05, 4.69) is 13.8 Å². The first-order valence-electron chi connectivity index (χ1n) is 10.4. The van der Waals surface area contributed by atoms with Crippen LogP contribution < -0.4 is 0 Å². The van der Waals surface area contributed by atoms with Crippen LogP contribution in [0.25, 0.3) is 0 Å². The van der Waals surface area contributed by atoms with Crippen LogP contribution in [-0.4, -0.2) is 19.0 Å². The van der Waals surface area contributed by atoms with Gasteiger partial charge < -0.3 is 9.05 Å². The second-order valence-corrected chi connectivity index (χ2v) is 11.3. The molecule has 0 heterocycles. The number of carbonyl (C=O) groups excluding carboxylic acids is 1. The molecule has 160 valence electrons. The molecule has 0 atom stereocenters. The van der Waals surface area contributed by atoms with Crippen LogP contribution in [0.15, 0.2) is 34.7 Å².